The molecule has 2 aromatic heterocycles. The van der Waals surface area contributed by atoms with Gasteiger partial charge in [-0.1, -0.05) is 6.07 Å². The van der Waals surface area contributed by atoms with Crippen molar-refractivity contribution in [2.75, 3.05) is 16.0 Å². The first kappa shape index (κ1) is 23.9. The number of hydrogen-bond acceptors (Lipinski definition) is 7. The van der Waals surface area contributed by atoms with E-state index in [0.29, 0.717) is 33.5 Å². The number of benzene rings is 3. The van der Waals surface area contributed by atoms with Gasteiger partial charge in [0.15, 0.2) is 0 Å². The van der Waals surface area contributed by atoms with E-state index < -0.39 is 10.0 Å². The van der Waals surface area contributed by atoms with Crippen molar-refractivity contribution in [3.05, 3.63) is 109 Å². The lowest BCUT2D eigenvalue weighted by Crippen LogP contribution is -2.12. The lowest BCUT2D eigenvalue weighted by Gasteiger charge is -2.12. The number of carbonyl (C=O) groups excluding carboxylic acids is 1. The summed E-state index contributed by atoms with van der Waals surface area (Å²) in [4.78, 5) is 21.1. The van der Waals surface area contributed by atoms with Crippen molar-refractivity contribution < 1.29 is 13.2 Å². The van der Waals surface area contributed by atoms with Crippen LogP contribution in [0.3, 0.4) is 0 Å². The summed E-state index contributed by atoms with van der Waals surface area (Å²) in [6.07, 6.45) is 5.03. The fraction of sp³-hybridized carbons (Fsp3) is 0. The molecule has 0 saturated heterocycles. The molecule has 5 N–H and O–H groups in total. The van der Waals surface area contributed by atoms with E-state index in [1.807, 2.05) is 36.4 Å². The molecule has 1 amide bonds. The summed E-state index contributed by atoms with van der Waals surface area (Å²) in [5, 5.41) is 15.3. The van der Waals surface area contributed by atoms with E-state index in [1.165, 1.54) is 12.1 Å². The molecule has 184 valence electrons. The number of pyridine rings is 2. The highest BCUT2D eigenvalue weighted by Crippen LogP contribution is 2.27. The number of nitrogens with one attached hydrogen (secondary N) is 3. The van der Waals surface area contributed by atoms with Crippen molar-refractivity contribution in [3.8, 4) is 0 Å². The predicted octanol–water partition coefficient (Wildman–Crippen LogP) is 5.02. The summed E-state index contributed by atoms with van der Waals surface area (Å²) in [7, 11) is -3.85. The number of hydrogen-bond donors (Lipinski definition) is 4. The van der Waals surface area contributed by atoms with Gasteiger partial charge in [0.1, 0.15) is 0 Å². The highest BCUT2D eigenvalue weighted by molar-refractivity contribution is 7.89. The standard InChI is InChI=1S/C27H22N6O3S/c28-37(35,36)23-8-9-25-24(17-23)26(12-15-30-25)32-19-6-4-18(5-7-19)27(34)33-22-3-1-2-21(16-22)31-20-10-13-29-14-11-20/h1-17H,(H,29,31)(H,30,32)(H,33,34)(H2,28,35,36). The van der Waals surface area contributed by atoms with Crippen LogP contribution in [-0.2, 0) is 10.0 Å². The second-order valence-corrected chi connectivity index (χ2v) is 9.74. The van der Waals surface area contributed by atoms with Gasteiger partial charge < -0.3 is 16.0 Å². The van der Waals surface area contributed by atoms with Crippen LogP contribution in [0.4, 0.5) is 28.4 Å². The highest BCUT2D eigenvalue weighted by Gasteiger charge is 2.12. The topological polar surface area (TPSA) is 139 Å². The summed E-state index contributed by atoms with van der Waals surface area (Å²) in [6.45, 7) is 0. The minimum absolute atomic E-state index is 0.00288. The minimum atomic E-state index is -3.85. The number of sulfonamides is 1. The monoisotopic (exact) mass is 510 g/mol. The number of aromatic nitrogens is 2. The Morgan fingerprint density at radius 3 is 2.22 bits per heavy atom. The molecule has 0 aliphatic heterocycles. The Bertz CT molecular complexity index is 1690. The van der Waals surface area contributed by atoms with E-state index in [2.05, 4.69) is 25.9 Å². The predicted molar refractivity (Wildman–Crippen MR) is 145 cm³/mol. The number of nitrogens with zero attached hydrogens (tertiary/aromatic N) is 2. The third-order valence-electron chi connectivity index (χ3n) is 5.56. The lowest BCUT2D eigenvalue weighted by molar-refractivity contribution is 0.102. The van der Waals surface area contributed by atoms with Crippen molar-refractivity contribution in [2.45, 2.75) is 4.90 Å². The second-order valence-electron chi connectivity index (χ2n) is 8.18. The molecule has 5 rings (SSSR count). The van der Waals surface area contributed by atoms with Gasteiger partial charge in [0.2, 0.25) is 10.0 Å². The van der Waals surface area contributed by atoms with Crippen molar-refractivity contribution in [1.29, 1.82) is 0 Å². The smallest absolute Gasteiger partial charge is 0.255 e. The van der Waals surface area contributed by atoms with Crippen LogP contribution in [0.5, 0.6) is 0 Å². The quantitative estimate of drug-likeness (QED) is 0.241. The first-order chi connectivity index (χ1) is 17.8. The Morgan fingerprint density at radius 2 is 1.46 bits per heavy atom. The molecule has 5 aromatic rings. The molecule has 0 radical (unpaired) electrons. The SMILES string of the molecule is NS(=O)(=O)c1ccc2nccc(Nc3ccc(C(=O)Nc4cccc(Nc5ccncc5)c4)cc3)c2c1. The summed E-state index contributed by atoms with van der Waals surface area (Å²) in [5.41, 5.74) is 4.85. The number of nitrogens with two attached hydrogens (primary N) is 1. The van der Waals surface area contributed by atoms with Gasteiger partial charge in [-0.15, -0.1) is 0 Å². The average molecular weight is 511 g/mol. The fourth-order valence-corrected chi connectivity index (χ4v) is 4.29. The molecular formula is C27H22N6O3S. The van der Waals surface area contributed by atoms with Crippen molar-refractivity contribution in [1.82, 2.24) is 9.97 Å². The van der Waals surface area contributed by atoms with Gasteiger partial charge in [0.05, 0.1) is 10.4 Å². The van der Waals surface area contributed by atoms with Crippen LogP contribution in [0.25, 0.3) is 10.9 Å². The maximum Gasteiger partial charge on any atom is 0.255 e. The first-order valence-electron chi connectivity index (χ1n) is 11.2. The number of fused-ring (bicyclic) bond motifs is 1. The Balaban J connectivity index is 1.30. The van der Waals surface area contributed by atoms with Gasteiger partial charge in [-0.3, -0.25) is 14.8 Å². The summed E-state index contributed by atoms with van der Waals surface area (Å²) < 4.78 is 23.5. The zero-order valence-electron chi connectivity index (χ0n) is 19.4. The van der Waals surface area contributed by atoms with Crippen LogP contribution < -0.4 is 21.1 Å². The molecule has 0 saturated carbocycles. The summed E-state index contributed by atoms with van der Waals surface area (Å²) in [6, 6.07) is 24.3. The molecule has 0 atom stereocenters. The van der Waals surface area contributed by atoms with Crippen molar-refractivity contribution in [2.24, 2.45) is 5.14 Å². The number of amides is 1. The van der Waals surface area contributed by atoms with Crippen LogP contribution in [0.2, 0.25) is 0 Å². The molecule has 3 aromatic carbocycles. The number of primary sulfonamides is 1. The largest absolute Gasteiger partial charge is 0.355 e. The maximum absolute atomic E-state index is 12.8. The lowest BCUT2D eigenvalue weighted by atomic mass is 10.1. The fourth-order valence-electron chi connectivity index (χ4n) is 3.75. The molecule has 0 fully saturated rings. The summed E-state index contributed by atoms with van der Waals surface area (Å²) in [5.74, 6) is -0.250. The molecule has 37 heavy (non-hydrogen) atoms. The zero-order chi connectivity index (χ0) is 25.8. The minimum Gasteiger partial charge on any atom is -0.355 e. The molecule has 2 heterocycles. The van der Waals surface area contributed by atoms with E-state index in [-0.39, 0.29) is 10.8 Å². The van der Waals surface area contributed by atoms with E-state index in [1.54, 1.807) is 55.0 Å². The Kier molecular flexibility index (Phi) is 6.50. The molecule has 0 unspecified atom stereocenters. The molecular weight excluding hydrogens is 488 g/mol. The molecule has 0 spiro atoms. The average Bonchev–Trinajstić information content (AvgIpc) is 2.89. The Hall–Kier alpha value is -4.80. The molecule has 0 bridgehead atoms. The highest BCUT2D eigenvalue weighted by atomic mass is 32.2. The third kappa shape index (κ3) is 5.72. The van der Waals surface area contributed by atoms with Crippen LogP contribution in [0, 0.1) is 0 Å². The van der Waals surface area contributed by atoms with Crippen LogP contribution in [0.15, 0.2) is 108 Å². The van der Waals surface area contributed by atoms with Gasteiger partial charge in [0.25, 0.3) is 5.91 Å². The van der Waals surface area contributed by atoms with E-state index in [0.717, 1.165) is 11.4 Å². The summed E-state index contributed by atoms with van der Waals surface area (Å²) >= 11 is 0. The number of rotatable bonds is 7. The van der Waals surface area contributed by atoms with E-state index >= 15 is 0 Å². The second kappa shape index (κ2) is 10.1. The van der Waals surface area contributed by atoms with E-state index in [4.69, 9.17) is 5.14 Å². The maximum atomic E-state index is 12.8. The van der Waals surface area contributed by atoms with Crippen molar-refractivity contribution >= 4 is 55.3 Å². The van der Waals surface area contributed by atoms with Gasteiger partial charge in [0, 0.05) is 58.0 Å². The third-order valence-corrected chi connectivity index (χ3v) is 6.47. The van der Waals surface area contributed by atoms with Crippen LogP contribution in [-0.4, -0.2) is 24.3 Å². The number of carbonyl (C=O) groups is 1. The zero-order valence-corrected chi connectivity index (χ0v) is 20.2. The first-order valence-corrected chi connectivity index (χ1v) is 12.8. The molecule has 0 aliphatic rings. The van der Waals surface area contributed by atoms with Gasteiger partial charge in [-0.2, -0.15) is 0 Å². The molecule has 10 heteroatoms. The Labute approximate surface area is 213 Å². The number of anilines is 5. The molecule has 9 nitrogen and oxygen atoms in total. The van der Waals surface area contributed by atoms with E-state index in [9.17, 15) is 13.2 Å². The van der Waals surface area contributed by atoms with Crippen LogP contribution >= 0.6 is 0 Å². The van der Waals surface area contributed by atoms with Gasteiger partial charge in [-0.05, 0) is 78.9 Å². The van der Waals surface area contributed by atoms with Gasteiger partial charge in [-0.25, -0.2) is 13.6 Å². The Morgan fingerprint density at radius 1 is 0.730 bits per heavy atom. The van der Waals surface area contributed by atoms with Crippen LogP contribution in [0.1, 0.15) is 10.4 Å². The van der Waals surface area contributed by atoms with Gasteiger partial charge >= 0.3 is 0 Å². The van der Waals surface area contributed by atoms with Crippen molar-refractivity contribution in [3.63, 3.8) is 0 Å². The normalized spacial score (nSPS) is 11.2. The molecule has 0 aliphatic carbocycles.